The third-order valence-electron chi connectivity index (χ3n) is 4.66. The molecule has 2 N–H and O–H groups in total. The molecular weight excluding hydrogens is 308 g/mol. The van der Waals surface area contributed by atoms with Gasteiger partial charge >= 0.3 is 0 Å². The number of benzene rings is 1. The lowest BCUT2D eigenvalue weighted by Gasteiger charge is -2.07. The van der Waals surface area contributed by atoms with E-state index in [1.165, 1.54) is 63.4 Å². The predicted octanol–water partition coefficient (Wildman–Crippen LogP) is 5.70. The third kappa shape index (κ3) is 11.8. The minimum Gasteiger partial charge on any atom is -0.326 e. The van der Waals surface area contributed by atoms with Gasteiger partial charge in [-0.25, -0.2) is 0 Å². The molecule has 0 radical (unpaired) electrons. The fraction of sp³-hybridized carbons (Fsp3) is 0.682. The average Bonchev–Trinajstić information content (AvgIpc) is 2.62. The highest BCUT2D eigenvalue weighted by Gasteiger charge is 2.02. The van der Waals surface area contributed by atoms with Gasteiger partial charge in [-0.15, -0.1) is 0 Å². The number of hydrogen-bond acceptors (Lipinski definition) is 2. The van der Waals surface area contributed by atoms with Crippen molar-refractivity contribution in [3.8, 4) is 0 Å². The van der Waals surface area contributed by atoms with Crippen LogP contribution in [0.25, 0.3) is 0 Å². The zero-order chi connectivity index (χ0) is 18.2. The van der Waals surface area contributed by atoms with Crippen LogP contribution in [-0.2, 0) is 11.2 Å². The second kappa shape index (κ2) is 14.9. The standard InChI is InChI=1S/C22H38N2O/c1-3-4-5-6-7-8-9-10-11-12-13-22(25)24-21-16-14-20(15-17-21)18-19-23-2/h14-17,23H,3-13,18-19H2,1-2H3,(H,24,25). The number of unbranched alkanes of at least 4 members (excludes halogenated alkanes) is 9. The Balaban J connectivity index is 2.01. The molecule has 1 aromatic rings. The highest BCUT2D eigenvalue weighted by atomic mass is 16.1. The molecule has 3 nitrogen and oxygen atoms in total. The van der Waals surface area contributed by atoms with E-state index in [4.69, 9.17) is 0 Å². The molecule has 142 valence electrons. The number of likely N-dealkylation sites (N-methyl/N-ethyl adjacent to an activating group) is 1. The number of carbonyl (C=O) groups is 1. The van der Waals surface area contributed by atoms with E-state index in [1.54, 1.807) is 0 Å². The van der Waals surface area contributed by atoms with Crippen LogP contribution in [0.15, 0.2) is 24.3 Å². The van der Waals surface area contributed by atoms with Crippen molar-refractivity contribution in [2.24, 2.45) is 0 Å². The number of rotatable bonds is 15. The maximum absolute atomic E-state index is 12.0. The molecule has 0 aliphatic heterocycles. The van der Waals surface area contributed by atoms with Crippen LogP contribution in [-0.4, -0.2) is 19.5 Å². The SMILES string of the molecule is CCCCCCCCCCCCC(=O)Nc1ccc(CCNC)cc1. The lowest BCUT2D eigenvalue weighted by molar-refractivity contribution is -0.116. The summed E-state index contributed by atoms with van der Waals surface area (Å²) in [6, 6.07) is 8.18. The van der Waals surface area contributed by atoms with E-state index in [2.05, 4.69) is 29.7 Å². The first-order valence-corrected chi connectivity index (χ1v) is 10.3. The fourth-order valence-corrected chi connectivity index (χ4v) is 3.02. The van der Waals surface area contributed by atoms with Gasteiger partial charge in [-0.2, -0.15) is 0 Å². The lowest BCUT2D eigenvalue weighted by atomic mass is 10.1. The van der Waals surface area contributed by atoms with Crippen molar-refractivity contribution in [2.45, 2.75) is 84.0 Å². The summed E-state index contributed by atoms with van der Waals surface area (Å²) in [5, 5.41) is 6.15. The molecule has 1 rings (SSSR count). The minimum atomic E-state index is 0.141. The van der Waals surface area contributed by atoms with Crippen molar-refractivity contribution in [1.29, 1.82) is 0 Å². The van der Waals surface area contributed by atoms with Gasteiger partial charge in [0.05, 0.1) is 0 Å². The van der Waals surface area contributed by atoms with Crippen molar-refractivity contribution in [2.75, 3.05) is 18.9 Å². The molecule has 0 fully saturated rings. The summed E-state index contributed by atoms with van der Waals surface area (Å²) in [6.07, 6.45) is 14.6. The summed E-state index contributed by atoms with van der Waals surface area (Å²) < 4.78 is 0. The highest BCUT2D eigenvalue weighted by Crippen LogP contribution is 2.13. The van der Waals surface area contributed by atoms with E-state index in [0.29, 0.717) is 6.42 Å². The molecule has 0 atom stereocenters. The summed E-state index contributed by atoms with van der Waals surface area (Å²) in [5.74, 6) is 0.141. The normalized spacial score (nSPS) is 10.8. The monoisotopic (exact) mass is 346 g/mol. The summed E-state index contributed by atoms with van der Waals surface area (Å²) in [6.45, 7) is 3.24. The molecule has 25 heavy (non-hydrogen) atoms. The van der Waals surface area contributed by atoms with Gasteiger partial charge in [-0.05, 0) is 44.1 Å². The number of anilines is 1. The number of amides is 1. The molecule has 0 unspecified atom stereocenters. The first kappa shape index (κ1) is 21.7. The molecule has 1 amide bonds. The third-order valence-corrected chi connectivity index (χ3v) is 4.66. The number of carbonyl (C=O) groups excluding carboxylic acids is 1. The summed E-state index contributed by atoms with van der Waals surface area (Å²) >= 11 is 0. The topological polar surface area (TPSA) is 41.1 Å². The smallest absolute Gasteiger partial charge is 0.224 e. The van der Waals surface area contributed by atoms with Crippen molar-refractivity contribution in [1.82, 2.24) is 5.32 Å². The van der Waals surface area contributed by atoms with Gasteiger partial charge in [0.2, 0.25) is 5.91 Å². The number of hydrogen-bond donors (Lipinski definition) is 2. The molecule has 0 bridgehead atoms. The Bertz CT molecular complexity index is 442. The van der Waals surface area contributed by atoms with E-state index >= 15 is 0 Å². The summed E-state index contributed by atoms with van der Waals surface area (Å²) in [7, 11) is 1.96. The molecule has 0 saturated carbocycles. The van der Waals surface area contributed by atoms with E-state index in [1.807, 2.05) is 19.2 Å². The Hall–Kier alpha value is -1.35. The predicted molar refractivity (Wildman–Crippen MR) is 109 cm³/mol. The molecule has 0 heterocycles. The summed E-state index contributed by atoms with van der Waals surface area (Å²) in [5.41, 5.74) is 2.20. The second-order valence-electron chi connectivity index (χ2n) is 7.03. The maximum Gasteiger partial charge on any atom is 0.224 e. The molecule has 0 aromatic heterocycles. The Morgan fingerprint density at radius 3 is 1.96 bits per heavy atom. The van der Waals surface area contributed by atoms with Gasteiger partial charge in [0.1, 0.15) is 0 Å². The minimum absolute atomic E-state index is 0.141. The van der Waals surface area contributed by atoms with Gasteiger partial charge in [-0.3, -0.25) is 4.79 Å². The quantitative estimate of drug-likeness (QED) is 0.400. The molecule has 0 saturated heterocycles. The molecule has 0 aliphatic rings. The lowest BCUT2D eigenvalue weighted by Crippen LogP contribution is -2.12. The zero-order valence-electron chi connectivity index (χ0n) is 16.4. The first-order chi connectivity index (χ1) is 12.3. The van der Waals surface area contributed by atoms with E-state index in [9.17, 15) is 4.79 Å². The van der Waals surface area contributed by atoms with Crippen LogP contribution in [0.5, 0.6) is 0 Å². The molecule has 3 heteroatoms. The molecule has 0 aliphatic carbocycles. The molecular formula is C22H38N2O. The van der Waals surface area contributed by atoms with Crippen LogP contribution in [0.1, 0.15) is 83.1 Å². The van der Waals surface area contributed by atoms with Gasteiger partial charge in [0.25, 0.3) is 0 Å². The van der Waals surface area contributed by atoms with Crippen molar-refractivity contribution < 1.29 is 4.79 Å². The van der Waals surface area contributed by atoms with Gasteiger partial charge in [0.15, 0.2) is 0 Å². The Labute approximate surface area is 155 Å². The first-order valence-electron chi connectivity index (χ1n) is 10.3. The van der Waals surface area contributed by atoms with E-state index < -0.39 is 0 Å². The van der Waals surface area contributed by atoms with Crippen LogP contribution >= 0.6 is 0 Å². The van der Waals surface area contributed by atoms with Crippen LogP contribution < -0.4 is 10.6 Å². The fourth-order valence-electron chi connectivity index (χ4n) is 3.02. The van der Waals surface area contributed by atoms with Crippen molar-refractivity contribution in [3.63, 3.8) is 0 Å². The second-order valence-corrected chi connectivity index (χ2v) is 7.03. The Morgan fingerprint density at radius 2 is 1.40 bits per heavy atom. The largest absolute Gasteiger partial charge is 0.326 e. The Kier molecular flexibility index (Phi) is 13.0. The van der Waals surface area contributed by atoms with Crippen molar-refractivity contribution >= 4 is 11.6 Å². The van der Waals surface area contributed by atoms with Gasteiger partial charge in [0, 0.05) is 12.1 Å². The van der Waals surface area contributed by atoms with Gasteiger partial charge in [-0.1, -0.05) is 76.8 Å². The van der Waals surface area contributed by atoms with Crippen LogP contribution in [0.3, 0.4) is 0 Å². The number of nitrogens with one attached hydrogen (secondary N) is 2. The van der Waals surface area contributed by atoms with Crippen molar-refractivity contribution in [3.05, 3.63) is 29.8 Å². The van der Waals surface area contributed by atoms with Crippen LogP contribution in [0.2, 0.25) is 0 Å². The highest BCUT2D eigenvalue weighted by molar-refractivity contribution is 5.90. The zero-order valence-corrected chi connectivity index (χ0v) is 16.4. The van der Waals surface area contributed by atoms with E-state index in [-0.39, 0.29) is 5.91 Å². The molecule has 1 aromatic carbocycles. The van der Waals surface area contributed by atoms with E-state index in [0.717, 1.165) is 25.1 Å². The Morgan fingerprint density at radius 1 is 0.840 bits per heavy atom. The molecule has 0 spiro atoms. The summed E-state index contributed by atoms with van der Waals surface area (Å²) in [4.78, 5) is 12.0. The van der Waals surface area contributed by atoms with Crippen LogP contribution in [0, 0.1) is 0 Å². The van der Waals surface area contributed by atoms with Crippen LogP contribution in [0.4, 0.5) is 5.69 Å². The van der Waals surface area contributed by atoms with Gasteiger partial charge < -0.3 is 10.6 Å². The maximum atomic E-state index is 12.0. The average molecular weight is 347 g/mol.